The molecule has 1 aliphatic heterocycles. The molecule has 24 aromatic rings. The zero-order valence-electron chi connectivity index (χ0n) is 69.8. The molecular weight excluding hydrogens is 1560 g/mol. The molecule has 1 aliphatic rings. The monoisotopic (exact) mass is 1650 g/mol. The van der Waals surface area contributed by atoms with Gasteiger partial charge in [0.1, 0.15) is 0 Å². The second-order valence-electron chi connectivity index (χ2n) is 34.1. The van der Waals surface area contributed by atoms with Crippen LogP contribution in [0.3, 0.4) is 0 Å². The second-order valence-corrected chi connectivity index (χ2v) is 34.5. The summed E-state index contributed by atoms with van der Waals surface area (Å²) in [5, 5.41) is 29.3. The number of hydrogen-bond donors (Lipinski definition) is 0. The third-order valence-corrected chi connectivity index (χ3v) is 26.5. The van der Waals surface area contributed by atoms with E-state index in [0.717, 1.165) is 122 Å². The van der Waals surface area contributed by atoms with E-state index in [-0.39, 0.29) is 25.7 Å². The van der Waals surface area contributed by atoms with E-state index in [1.54, 1.807) is 0 Å². The highest BCUT2D eigenvalue weighted by atomic mass is 35.5. The standard InChI is InChI=1S/C56H34N2.C41H24ClN.C21H22BNO2.CH4/c1-4-16-40-38(14-1)31-49(44-20-8-6-18-42(40)44)50-33-52-48(35-25-27-37(28-26-35)54-30-29-36-13-3-12-24-53(36)57-54)34-55(58-56(52)47-23-11-10-22-46(47)50)51-32-39-15-2-5-17-41(39)43-19-7-9-21-45(43)51;42-39-24-40(37-22-26-12-2-4-14-28(26)30-16-6-8-18-32(30)37)43-41-34-20-10-9-19-33(34)36(23-38(39)41)35-21-25-11-1-3-13-27(25)29-15-5-7-17-31(29)35;1-20(2)21(3,4)25-22(24-20)17-12-9-16(10-13-17)19-14-11-15-7-5-6-8-18(15)23-19;/h1-34H;1-24H;5-14H,1-4H3;1H4. The van der Waals surface area contributed by atoms with Crippen LogP contribution in [0.5, 0.6) is 0 Å². The first-order chi connectivity index (χ1) is 61.8. The number of pyridine rings is 4. The molecule has 602 valence electrons. The van der Waals surface area contributed by atoms with Gasteiger partial charge in [-0.05, 0) is 236 Å². The number of hydrogen-bond acceptors (Lipinski definition) is 6. The zero-order chi connectivity index (χ0) is 84.3. The lowest BCUT2D eigenvalue weighted by Crippen LogP contribution is -2.41. The van der Waals surface area contributed by atoms with Gasteiger partial charge in [-0.3, -0.25) is 0 Å². The molecule has 0 aliphatic carbocycles. The fourth-order valence-corrected chi connectivity index (χ4v) is 19.4. The van der Waals surface area contributed by atoms with Crippen LogP contribution in [0.15, 0.2) is 413 Å². The number of benzene rings is 20. The molecule has 1 fully saturated rings. The van der Waals surface area contributed by atoms with Gasteiger partial charge in [-0.2, -0.15) is 0 Å². The highest BCUT2D eigenvalue weighted by Gasteiger charge is 2.51. The third kappa shape index (κ3) is 13.7. The minimum atomic E-state index is -0.330. The number of halogens is 1. The Morgan fingerprint density at radius 1 is 0.213 bits per heavy atom. The molecule has 6 nitrogen and oxygen atoms in total. The molecule has 0 atom stereocenters. The average molecular weight is 1650 g/mol. The summed E-state index contributed by atoms with van der Waals surface area (Å²) in [5.74, 6) is 0. The Hall–Kier alpha value is -15.1. The van der Waals surface area contributed by atoms with Crippen LogP contribution >= 0.6 is 11.6 Å². The number of nitrogens with zero attached hydrogens (tertiary/aromatic N) is 4. The first-order valence-corrected chi connectivity index (χ1v) is 43.5. The smallest absolute Gasteiger partial charge is 0.399 e. The maximum atomic E-state index is 7.21. The van der Waals surface area contributed by atoms with Gasteiger partial charge in [-0.25, -0.2) is 19.9 Å². The van der Waals surface area contributed by atoms with Gasteiger partial charge in [0, 0.05) is 54.6 Å². The van der Waals surface area contributed by atoms with Crippen molar-refractivity contribution in [2.45, 2.75) is 46.3 Å². The van der Waals surface area contributed by atoms with Crippen molar-refractivity contribution in [1.82, 2.24) is 19.9 Å². The van der Waals surface area contributed by atoms with Crippen LogP contribution in [0, 0.1) is 0 Å². The van der Waals surface area contributed by atoms with E-state index in [0.29, 0.717) is 5.02 Å². The maximum Gasteiger partial charge on any atom is 0.494 e. The lowest BCUT2D eigenvalue weighted by atomic mass is 9.79. The van der Waals surface area contributed by atoms with Crippen LogP contribution in [0.1, 0.15) is 35.1 Å². The quantitative estimate of drug-likeness (QED) is 0.112. The van der Waals surface area contributed by atoms with Crippen molar-refractivity contribution >= 4 is 176 Å². The van der Waals surface area contributed by atoms with Crippen molar-refractivity contribution in [3.05, 3.63) is 418 Å². The number of aromatic nitrogens is 4. The van der Waals surface area contributed by atoms with Gasteiger partial charge in [-0.1, -0.05) is 359 Å². The number of para-hydroxylation sites is 2. The topological polar surface area (TPSA) is 70.0 Å². The Kier molecular flexibility index (Phi) is 19.4. The second kappa shape index (κ2) is 31.6. The van der Waals surface area contributed by atoms with Crippen LogP contribution in [0.4, 0.5) is 0 Å². The van der Waals surface area contributed by atoms with Crippen molar-refractivity contribution in [3.63, 3.8) is 0 Å². The molecule has 8 heteroatoms. The minimum Gasteiger partial charge on any atom is -0.399 e. The normalized spacial score (nSPS) is 13.1. The minimum absolute atomic E-state index is 0. The van der Waals surface area contributed by atoms with Gasteiger partial charge in [0.05, 0.1) is 61.1 Å². The third-order valence-electron chi connectivity index (χ3n) is 26.2. The van der Waals surface area contributed by atoms with Crippen LogP contribution in [0.25, 0.3) is 230 Å². The van der Waals surface area contributed by atoms with Crippen LogP contribution in [-0.4, -0.2) is 38.3 Å². The molecule has 0 N–H and O–H groups in total. The van der Waals surface area contributed by atoms with Crippen LogP contribution in [0.2, 0.25) is 5.02 Å². The number of fused-ring (bicyclic) bond motifs is 20. The Labute approximate surface area is 741 Å². The summed E-state index contributed by atoms with van der Waals surface area (Å²) in [7, 11) is -0.330. The van der Waals surface area contributed by atoms with Gasteiger partial charge in [-0.15, -0.1) is 0 Å². The molecule has 25 rings (SSSR count). The first-order valence-electron chi connectivity index (χ1n) is 43.2. The Bertz CT molecular complexity index is 8570. The number of rotatable bonds is 8. The summed E-state index contributed by atoms with van der Waals surface area (Å²) >= 11 is 7.21. The van der Waals surface area contributed by atoms with E-state index in [9.17, 15) is 0 Å². The Morgan fingerprint density at radius 2 is 0.496 bits per heavy atom. The van der Waals surface area contributed by atoms with Gasteiger partial charge < -0.3 is 9.31 Å². The summed E-state index contributed by atoms with van der Waals surface area (Å²) < 4.78 is 12.2. The maximum absolute atomic E-state index is 7.21. The molecule has 0 bridgehead atoms. The van der Waals surface area contributed by atoms with Crippen LogP contribution < -0.4 is 5.46 Å². The summed E-state index contributed by atoms with van der Waals surface area (Å²) in [6, 6.07) is 147. The van der Waals surface area contributed by atoms with Gasteiger partial charge in [0.25, 0.3) is 0 Å². The van der Waals surface area contributed by atoms with Crippen molar-refractivity contribution in [3.8, 4) is 78.4 Å². The molecule has 0 spiro atoms. The van der Waals surface area contributed by atoms with E-state index < -0.39 is 0 Å². The molecule has 0 unspecified atom stereocenters. The van der Waals surface area contributed by atoms with Crippen molar-refractivity contribution in [2.24, 2.45) is 0 Å². The summed E-state index contributed by atoms with van der Waals surface area (Å²) in [6.07, 6.45) is 0. The predicted molar refractivity (Wildman–Crippen MR) is 541 cm³/mol. The zero-order valence-corrected chi connectivity index (χ0v) is 70.6. The van der Waals surface area contributed by atoms with E-state index in [1.165, 1.54) is 114 Å². The fraction of sp³-hybridized carbons (Fsp3) is 0.0588. The molecule has 0 saturated carbocycles. The fourth-order valence-electron chi connectivity index (χ4n) is 19.2. The first kappa shape index (κ1) is 77.9. The van der Waals surface area contributed by atoms with Gasteiger partial charge >= 0.3 is 7.12 Å². The highest BCUT2D eigenvalue weighted by Crippen LogP contribution is 2.49. The van der Waals surface area contributed by atoms with E-state index in [4.69, 9.17) is 40.8 Å². The Morgan fingerprint density at radius 3 is 0.898 bits per heavy atom. The summed E-state index contributed by atoms with van der Waals surface area (Å²) in [6.45, 7) is 8.28. The highest BCUT2D eigenvalue weighted by molar-refractivity contribution is 6.62. The van der Waals surface area contributed by atoms with E-state index >= 15 is 0 Å². The molecule has 127 heavy (non-hydrogen) atoms. The molecule has 0 radical (unpaired) electrons. The summed E-state index contributed by atoms with van der Waals surface area (Å²) in [5.41, 5.74) is 19.5. The lowest BCUT2D eigenvalue weighted by Gasteiger charge is -2.32. The van der Waals surface area contributed by atoms with Gasteiger partial charge in [0.15, 0.2) is 0 Å². The van der Waals surface area contributed by atoms with Crippen molar-refractivity contribution in [1.29, 1.82) is 0 Å². The van der Waals surface area contributed by atoms with Crippen LogP contribution in [-0.2, 0) is 9.31 Å². The lowest BCUT2D eigenvalue weighted by molar-refractivity contribution is 0.00578. The van der Waals surface area contributed by atoms with Crippen molar-refractivity contribution in [2.75, 3.05) is 0 Å². The van der Waals surface area contributed by atoms with Crippen molar-refractivity contribution < 1.29 is 9.31 Å². The molecule has 5 heterocycles. The Balaban J connectivity index is 0.000000121. The average Bonchev–Trinajstić information content (AvgIpc) is 1.69. The summed E-state index contributed by atoms with van der Waals surface area (Å²) in [4.78, 5) is 20.8. The van der Waals surface area contributed by atoms with E-state index in [2.05, 4.69) is 410 Å². The molecule has 4 aromatic heterocycles. The molecular formula is C119H84BClN4O2. The van der Waals surface area contributed by atoms with E-state index in [1.807, 2.05) is 30.3 Å². The molecule has 20 aromatic carbocycles. The molecule has 1 saturated heterocycles. The largest absolute Gasteiger partial charge is 0.494 e. The van der Waals surface area contributed by atoms with Gasteiger partial charge in [0.2, 0.25) is 0 Å². The SMILES string of the molecule is C.CC1(C)OB(c2ccc(-c3ccc4ccccc4n3)cc2)OC1(C)C.Clc1cc(-c2cc3ccccc3c3ccccc23)nc2c1cc(-c1cc3ccccc3c3ccccc13)c1ccccc12.c1ccc2nc(-c3ccc(-c4cc(-c5cc6ccccc6c6ccccc56)nc5c4cc(-c4cc6ccccc6c6ccccc46)c4ccccc45)cc3)ccc2c1. The molecule has 0 amide bonds. The predicted octanol–water partition coefficient (Wildman–Crippen LogP) is 32.0.